The highest BCUT2D eigenvalue weighted by molar-refractivity contribution is 6.76. The minimum Gasteiger partial charge on any atom is -0.443 e. The Bertz CT molecular complexity index is 1450. The number of carbonyl (C=O) groups excluding carboxylic acids is 1. The molecule has 0 aliphatic carbocycles. The molecule has 10 heteroatoms. The van der Waals surface area contributed by atoms with Crippen LogP contribution in [-0.2, 0) is 27.2 Å². The molecule has 0 radical (unpaired) electrons. The summed E-state index contributed by atoms with van der Waals surface area (Å²) in [4.78, 5) is 27.2. The van der Waals surface area contributed by atoms with Gasteiger partial charge in [-0.25, -0.2) is 9.36 Å². The minimum atomic E-state index is -1.95. The first kappa shape index (κ1) is 32.8. The van der Waals surface area contributed by atoms with Gasteiger partial charge in [-0.05, 0) is 74.8 Å². The second-order valence-electron chi connectivity index (χ2n) is 14.6. The number of hydrogen-bond acceptors (Lipinski definition) is 6. The van der Waals surface area contributed by atoms with Crippen molar-refractivity contribution in [2.24, 2.45) is 0 Å². The summed E-state index contributed by atoms with van der Waals surface area (Å²) in [7, 11) is -3.22. The Hall–Kier alpha value is -2.67. The smallest absolute Gasteiger partial charge is 0.419 e. The van der Waals surface area contributed by atoms with Crippen molar-refractivity contribution in [1.82, 2.24) is 9.13 Å². The fraction of sp³-hybridized carbons (Fsp3) is 0.548. The molecule has 2 heterocycles. The van der Waals surface area contributed by atoms with Crippen LogP contribution in [0.25, 0.3) is 22.2 Å². The first-order valence-corrected chi connectivity index (χ1v) is 20.9. The maximum absolute atomic E-state index is 13.7. The average molecular weight is 600 g/mol. The van der Waals surface area contributed by atoms with Crippen LogP contribution in [0.2, 0.25) is 43.8 Å². The fourth-order valence-corrected chi connectivity index (χ4v) is 5.73. The van der Waals surface area contributed by atoms with Gasteiger partial charge in [0.15, 0.2) is 8.32 Å². The topological polar surface area (TPSA) is 97.7 Å². The number of nitrogens with zero attached hydrogens (tertiary/aromatic N) is 2. The van der Waals surface area contributed by atoms with E-state index in [1.165, 1.54) is 9.13 Å². The lowest BCUT2D eigenvalue weighted by Crippen LogP contribution is -2.40. The summed E-state index contributed by atoms with van der Waals surface area (Å²) < 4.78 is 21.0. The van der Waals surface area contributed by atoms with Crippen molar-refractivity contribution in [2.45, 2.75) is 104 Å². The highest BCUT2D eigenvalue weighted by Crippen LogP contribution is 2.37. The van der Waals surface area contributed by atoms with Crippen molar-refractivity contribution in [2.75, 3.05) is 12.3 Å². The monoisotopic (exact) mass is 599 g/mol. The lowest BCUT2D eigenvalue weighted by Gasteiger charge is -2.36. The number of fused-ring (bicyclic) bond motifs is 1. The molecule has 1 aromatic carbocycles. The number of ether oxygens (including phenoxy) is 2. The molecule has 226 valence electrons. The van der Waals surface area contributed by atoms with Crippen LogP contribution < -0.4 is 11.3 Å². The molecule has 0 saturated heterocycles. The lowest BCUT2D eigenvalue weighted by molar-refractivity contribution is 0.0547. The van der Waals surface area contributed by atoms with Crippen LogP contribution in [0.1, 0.15) is 47.1 Å². The van der Waals surface area contributed by atoms with E-state index >= 15 is 0 Å². The van der Waals surface area contributed by atoms with Crippen LogP contribution >= 0.6 is 0 Å². The summed E-state index contributed by atoms with van der Waals surface area (Å²) in [6, 6.07) is 10.3. The van der Waals surface area contributed by atoms with Gasteiger partial charge in [0.2, 0.25) is 0 Å². The Kier molecular flexibility index (Phi) is 9.54. The van der Waals surface area contributed by atoms with E-state index in [-0.39, 0.29) is 17.3 Å². The van der Waals surface area contributed by atoms with Gasteiger partial charge in [-0.3, -0.25) is 9.36 Å². The molecule has 0 fully saturated rings. The van der Waals surface area contributed by atoms with Crippen molar-refractivity contribution in [3.05, 3.63) is 52.4 Å². The van der Waals surface area contributed by atoms with Gasteiger partial charge in [-0.2, -0.15) is 0 Å². The highest BCUT2D eigenvalue weighted by Gasteiger charge is 2.37. The SMILES string of the molecule is CC(C)(C)OC(=O)n1c(-c2cc(N)cn(COCC[Si](C)(C)C)c2=O)cc2cc(CO[Si](C)(C)C(C)(C)C)ccc21. The first-order chi connectivity index (χ1) is 18.7. The minimum absolute atomic E-state index is 0.0863. The quantitative estimate of drug-likeness (QED) is 0.200. The van der Waals surface area contributed by atoms with Gasteiger partial charge in [-0.15, -0.1) is 0 Å². The molecule has 0 aliphatic heterocycles. The van der Waals surface area contributed by atoms with Crippen LogP contribution in [0.15, 0.2) is 41.3 Å². The van der Waals surface area contributed by atoms with E-state index in [1.807, 2.05) is 45.0 Å². The number of hydrogen-bond donors (Lipinski definition) is 1. The summed E-state index contributed by atoms with van der Waals surface area (Å²) in [6.45, 7) is 24.5. The third kappa shape index (κ3) is 8.44. The molecule has 0 spiro atoms. The van der Waals surface area contributed by atoms with Gasteiger partial charge in [0.1, 0.15) is 12.3 Å². The third-order valence-electron chi connectivity index (χ3n) is 7.46. The van der Waals surface area contributed by atoms with E-state index in [0.717, 1.165) is 17.0 Å². The molecule has 41 heavy (non-hydrogen) atoms. The molecule has 2 aromatic heterocycles. The molecule has 0 bridgehead atoms. The van der Waals surface area contributed by atoms with Gasteiger partial charge in [0.05, 0.1) is 23.4 Å². The third-order valence-corrected chi connectivity index (χ3v) is 13.6. The zero-order chi connectivity index (χ0) is 31.0. The molecule has 3 rings (SSSR count). The van der Waals surface area contributed by atoms with Crippen LogP contribution in [0.4, 0.5) is 10.5 Å². The molecule has 3 aromatic rings. The zero-order valence-corrected chi connectivity index (χ0v) is 28.8. The average Bonchev–Trinajstić information content (AvgIpc) is 3.18. The summed E-state index contributed by atoms with van der Waals surface area (Å²) in [5, 5.41) is 0.900. The highest BCUT2D eigenvalue weighted by atomic mass is 28.4. The standard InChI is InChI=1S/C31H49N3O5Si2/c1-30(2,3)39-29(36)34-26-13-12-22(20-38-41(10,11)31(4,5)6)16-23(26)17-27(34)25-18-24(32)19-33(28(25)35)21-37-14-15-40(7,8)9/h12-13,16-19H,14-15,20-21,32H2,1-11H3. The van der Waals surface area contributed by atoms with Crippen molar-refractivity contribution in [1.29, 1.82) is 0 Å². The predicted octanol–water partition coefficient (Wildman–Crippen LogP) is 7.67. The fourth-order valence-electron chi connectivity index (χ4n) is 4.02. The molecule has 0 amide bonds. The van der Waals surface area contributed by atoms with E-state index in [9.17, 15) is 9.59 Å². The van der Waals surface area contributed by atoms with Crippen LogP contribution in [0.3, 0.4) is 0 Å². The van der Waals surface area contributed by atoms with E-state index in [0.29, 0.717) is 35.7 Å². The van der Waals surface area contributed by atoms with Gasteiger partial charge in [-0.1, -0.05) is 46.5 Å². The number of nitrogens with two attached hydrogens (primary N) is 1. The number of rotatable bonds is 9. The van der Waals surface area contributed by atoms with Crippen LogP contribution in [-0.4, -0.2) is 43.8 Å². The summed E-state index contributed by atoms with van der Waals surface area (Å²) in [5.41, 5.74) is 8.01. The zero-order valence-electron chi connectivity index (χ0n) is 26.8. The van der Waals surface area contributed by atoms with E-state index in [2.05, 4.69) is 53.5 Å². The van der Waals surface area contributed by atoms with Crippen molar-refractivity contribution < 1.29 is 18.7 Å². The van der Waals surface area contributed by atoms with Gasteiger partial charge < -0.3 is 19.6 Å². The largest absolute Gasteiger partial charge is 0.443 e. The maximum Gasteiger partial charge on any atom is 0.419 e. The Balaban J connectivity index is 2.07. The van der Waals surface area contributed by atoms with Crippen molar-refractivity contribution in [3.8, 4) is 11.3 Å². The Morgan fingerprint density at radius 2 is 1.63 bits per heavy atom. The predicted molar refractivity (Wildman–Crippen MR) is 174 cm³/mol. The Morgan fingerprint density at radius 1 is 0.976 bits per heavy atom. The lowest BCUT2D eigenvalue weighted by atomic mass is 10.1. The molecule has 0 atom stereocenters. The molecular weight excluding hydrogens is 551 g/mol. The van der Waals surface area contributed by atoms with Gasteiger partial charge in [0, 0.05) is 32.0 Å². The Morgan fingerprint density at radius 3 is 2.22 bits per heavy atom. The number of anilines is 1. The maximum atomic E-state index is 13.7. The van der Waals surface area contributed by atoms with Crippen LogP contribution in [0.5, 0.6) is 0 Å². The second kappa shape index (κ2) is 11.9. The van der Waals surface area contributed by atoms with Gasteiger partial charge >= 0.3 is 6.09 Å². The number of aromatic nitrogens is 2. The molecular formula is C31H49N3O5Si2. The number of pyridine rings is 1. The summed E-state index contributed by atoms with van der Waals surface area (Å²) in [5.74, 6) is 0. The number of carbonyl (C=O) groups is 1. The van der Waals surface area contributed by atoms with Crippen molar-refractivity contribution >= 4 is 39.1 Å². The van der Waals surface area contributed by atoms with Crippen LogP contribution in [0, 0.1) is 0 Å². The summed E-state index contributed by atoms with van der Waals surface area (Å²) in [6.07, 6.45) is 1.02. The Labute approximate surface area is 246 Å². The molecule has 0 saturated carbocycles. The first-order valence-electron chi connectivity index (χ1n) is 14.3. The van der Waals surface area contributed by atoms with E-state index in [4.69, 9.17) is 19.6 Å². The normalized spacial score (nSPS) is 13.1. The number of nitrogen functional groups attached to an aromatic ring is 1. The number of benzene rings is 1. The molecule has 0 aliphatic rings. The molecule has 0 unspecified atom stereocenters. The van der Waals surface area contributed by atoms with Gasteiger partial charge in [0.25, 0.3) is 5.56 Å². The summed E-state index contributed by atoms with van der Waals surface area (Å²) >= 11 is 0. The second-order valence-corrected chi connectivity index (χ2v) is 25.0. The van der Waals surface area contributed by atoms with Crippen molar-refractivity contribution in [3.63, 3.8) is 0 Å². The van der Waals surface area contributed by atoms with E-state index in [1.54, 1.807) is 12.3 Å². The molecule has 8 nitrogen and oxygen atoms in total. The van der Waals surface area contributed by atoms with E-state index < -0.39 is 28.1 Å². The molecule has 2 N–H and O–H groups in total.